The molecule has 3 aromatic rings. The first-order chi connectivity index (χ1) is 15.5. The number of benzene rings is 1. The third-order valence-electron chi connectivity index (χ3n) is 5.14. The van der Waals surface area contributed by atoms with Gasteiger partial charge in [-0.25, -0.2) is 0 Å². The van der Waals surface area contributed by atoms with E-state index in [4.69, 9.17) is 9.47 Å². The third kappa shape index (κ3) is 4.68. The molecule has 0 spiro atoms. The molecule has 0 radical (unpaired) electrons. The SMILES string of the molecule is Cc1ccc(Oc2nc3ccccn3c(=O)c2C=C(C#N)C(=O)NCC2CCCO2)cc1. The van der Waals surface area contributed by atoms with Crippen molar-refractivity contribution in [3.63, 3.8) is 0 Å². The number of nitrogens with zero attached hydrogens (tertiary/aromatic N) is 3. The number of ether oxygens (including phenoxy) is 2. The van der Waals surface area contributed by atoms with E-state index in [2.05, 4.69) is 10.3 Å². The quantitative estimate of drug-likeness (QED) is 0.476. The number of fused-ring (bicyclic) bond motifs is 1. The molecule has 1 N–H and O–H groups in total. The summed E-state index contributed by atoms with van der Waals surface area (Å²) in [6, 6.07) is 14.3. The average molecular weight is 430 g/mol. The lowest BCUT2D eigenvalue weighted by Crippen LogP contribution is -2.32. The molecule has 1 unspecified atom stereocenters. The molecule has 0 aliphatic carbocycles. The molecule has 8 nitrogen and oxygen atoms in total. The van der Waals surface area contributed by atoms with Gasteiger partial charge in [-0.05, 0) is 50.1 Å². The van der Waals surface area contributed by atoms with Crippen LogP contribution in [0.1, 0.15) is 24.0 Å². The Labute approximate surface area is 184 Å². The molecular weight excluding hydrogens is 408 g/mol. The fourth-order valence-electron chi connectivity index (χ4n) is 3.40. The van der Waals surface area contributed by atoms with E-state index in [-0.39, 0.29) is 23.1 Å². The van der Waals surface area contributed by atoms with Crippen molar-refractivity contribution in [3.8, 4) is 17.7 Å². The van der Waals surface area contributed by atoms with Crippen LogP contribution < -0.4 is 15.6 Å². The maximum absolute atomic E-state index is 13.2. The van der Waals surface area contributed by atoms with E-state index in [0.717, 1.165) is 18.4 Å². The topological polar surface area (TPSA) is 106 Å². The molecule has 162 valence electrons. The van der Waals surface area contributed by atoms with E-state index in [9.17, 15) is 14.9 Å². The highest BCUT2D eigenvalue weighted by molar-refractivity contribution is 6.01. The van der Waals surface area contributed by atoms with Crippen molar-refractivity contribution in [2.24, 2.45) is 0 Å². The zero-order valence-electron chi connectivity index (χ0n) is 17.6. The Bertz CT molecular complexity index is 1270. The predicted octanol–water partition coefficient (Wildman–Crippen LogP) is 3.00. The van der Waals surface area contributed by atoms with Crippen molar-refractivity contribution >= 4 is 17.6 Å². The summed E-state index contributed by atoms with van der Waals surface area (Å²) < 4.78 is 12.7. The van der Waals surface area contributed by atoms with Crippen molar-refractivity contribution in [2.45, 2.75) is 25.9 Å². The van der Waals surface area contributed by atoms with Gasteiger partial charge in [0.2, 0.25) is 5.88 Å². The largest absolute Gasteiger partial charge is 0.438 e. The lowest BCUT2D eigenvalue weighted by Gasteiger charge is -2.12. The smallest absolute Gasteiger partial charge is 0.269 e. The van der Waals surface area contributed by atoms with Gasteiger partial charge in [-0.2, -0.15) is 10.2 Å². The van der Waals surface area contributed by atoms with E-state index in [1.165, 1.54) is 10.5 Å². The maximum Gasteiger partial charge on any atom is 0.269 e. The molecule has 32 heavy (non-hydrogen) atoms. The number of pyridine rings is 1. The minimum Gasteiger partial charge on any atom is -0.438 e. The molecule has 1 saturated heterocycles. The van der Waals surface area contributed by atoms with E-state index < -0.39 is 11.5 Å². The molecule has 3 heterocycles. The van der Waals surface area contributed by atoms with E-state index >= 15 is 0 Å². The second-order valence-corrected chi connectivity index (χ2v) is 7.49. The summed E-state index contributed by atoms with van der Waals surface area (Å²) in [5.41, 5.74) is 0.791. The number of hydrogen-bond donors (Lipinski definition) is 1. The first-order valence-electron chi connectivity index (χ1n) is 10.3. The molecule has 0 bridgehead atoms. The Morgan fingerprint density at radius 2 is 2.16 bits per heavy atom. The molecule has 1 atom stereocenters. The van der Waals surface area contributed by atoms with E-state index in [1.54, 1.807) is 36.5 Å². The summed E-state index contributed by atoms with van der Waals surface area (Å²) >= 11 is 0. The zero-order chi connectivity index (χ0) is 22.5. The lowest BCUT2D eigenvalue weighted by molar-refractivity contribution is -0.117. The van der Waals surface area contributed by atoms with Gasteiger partial charge in [0.15, 0.2) is 0 Å². The second-order valence-electron chi connectivity index (χ2n) is 7.49. The van der Waals surface area contributed by atoms with Gasteiger partial charge < -0.3 is 14.8 Å². The van der Waals surface area contributed by atoms with Crippen LogP contribution in [0.4, 0.5) is 0 Å². The van der Waals surface area contributed by atoms with Crippen LogP contribution in [-0.2, 0) is 9.53 Å². The van der Waals surface area contributed by atoms with Gasteiger partial charge in [-0.1, -0.05) is 23.8 Å². The summed E-state index contributed by atoms with van der Waals surface area (Å²) in [5, 5.41) is 12.3. The predicted molar refractivity (Wildman–Crippen MR) is 118 cm³/mol. The Hall–Kier alpha value is -3.96. The fraction of sp³-hybridized carbons (Fsp3) is 0.250. The van der Waals surface area contributed by atoms with E-state index in [1.807, 2.05) is 25.1 Å². The van der Waals surface area contributed by atoms with Crippen molar-refractivity contribution in [1.82, 2.24) is 14.7 Å². The minimum atomic E-state index is -0.582. The minimum absolute atomic E-state index is 0.0121. The molecule has 0 saturated carbocycles. The molecule has 1 aliphatic heterocycles. The number of rotatable bonds is 6. The van der Waals surface area contributed by atoms with Crippen LogP contribution in [-0.4, -0.2) is 34.5 Å². The van der Waals surface area contributed by atoms with Crippen LogP contribution in [0, 0.1) is 18.3 Å². The number of hydrogen-bond acceptors (Lipinski definition) is 6. The van der Waals surface area contributed by atoms with Crippen molar-refractivity contribution in [3.05, 3.63) is 75.7 Å². The first kappa shape index (κ1) is 21.3. The number of aryl methyl sites for hydroxylation is 1. The van der Waals surface area contributed by atoms with Crippen molar-refractivity contribution < 1.29 is 14.3 Å². The number of amides is 1. The Kier molecular flexibility index (Phi) is 6.29. The Morgan fingerprint density at radius 3 is 2.88 bits per heavy atom. The summed E-state index contributed by atoms with van der Waals surface area (Å²) in [4.78, 5) is 30.2. The molecule has 8 heteroatoms. The maximum atomic E-state index is 13.2. The molecule has 1 fully saturated rings. The number of nitrogens with one attached hydrogen (secondary N) is 1. The van der Waals surface area contributed by atoms with Crippen LogP contribution in [0.3, 0.4) is 0 Å². The van der Waals surface area contributed by atoms with Crippen LogP contribution in [0.25, 0.3) is 11.7 Å². The van der Waals surface area contributed by atoms with Gasteiger partial charge >= 0.3 is 0 Å². The summed E-state index contributed by atoms with van der Waals surface area (Å²) in [6.45, 7) is 2.92. The summed E-state index contributed by atoms with van der Waals surface area (Å²) in [7, 11) is 0. The normalized spacial score (nSPS) is 16.0. The van der Waals surface area contributed by atoms with Gasteiger partial charge in [0.25, 0.3) is 11.5 Å². The van der Waals surface area contributed by atoms with Crippen LogP contribution in [0.5, 0.6) is 11.6 Å². The van der Waals surface area contributed by atoms with E-state index in [0.29, 0.717) is 24.5 Å². The number of carbonyl (C=O) groups is 1. The third-order valence-corrected chi connectivity index (χ3v) is 5.14. The van der Waals surface area contributed by atoms with Gasteiger partial charge in [0.1, 0.15) is 28.6 Å². The number of carbonyl (C=O) groups excluding carboxylic acids is 1. The number of aromatic nitrogens is 2. The molecule has 1 amide bonds. The second kappa shape index (κ2) is 9.45. The standard InChI is InChI=1S/C24H22N4O4/c1-16-7-9-18(10-8-16)32-23-20(24(30)28-11-3-2-6-21(28)27-23)13-17(14-25)22(29)26-15-19-5-4-12-31-19/h2-3,6-11,13,19H,4-5,12,15H2,1H3,(H,26,29). The summed E-state index contributed by atoms with van der Waals surface area (Å²) in [6.07, 6.45) is 4.54. The first-order valence-corrected chi connectivity index (χ1v) is 10.3. The van der Waals surface area contributed by atoms with Crippen LogP contribution in [0.2, 0.25) is 0 Å². The molecule has 1 aliphatic rings. The van der Waals surface area contributed by atoms with Gasteiger partial charge in [-0.15, -0.1) is 0 Å². The van der Waals surface area contributed by atoms with Gasteiger partial charge in [0, 0.05) is 19.3 Å². The van der Waals surface area contributed by atoms with Crippen LogP contribution in [0.15, 0.2) is 59.0 Å². The highest BCUT2D eigenvalue weighted by Gasteiger charge is 2.20. The molecule has 2 aromatic heterocycles. The monoisotopic (exact) mass is 430 g/mol. The Balaban J connectivity index is 1.72. The highest BCUT2D eigenvalue weighted by atomic mass is 16.5. The zero-order valence-corrected chi connectivity index (χ0v) is 17.6. The Morgan fingerprint density at radius 1 is 1.34 bits per heavy atom. The van der Waals surface area contributed by atoms with Crippen molar-refractivity contribution in [1.29, 1.82) is 5.26 Å². The molecule has 4 rings (SSSR count). The fourth-order valence-corrected chi connectivity index (χ4v) is 3.40. The number of nitriles is 1. The van der Waals surface area contributed by atoms with Gasteiger partial charge in [0.05, 0.1) is 6.10 Å². The summed E-state index contributed by atoms with van der Waals surface area (Å²) in [5.74, 6) is -0.0784. The highest BCUT2D eigenvalue weighted by Crippen LogP contribution is 2.24. The average Bonchev–Trinajstić information content (AvgIpc) is 3.33. The molecular formula is C24H22N4O4. The molecule has 1 aromatic carbocycles. The van der Waals surface area contributed by atoms with Crippen molar-refractivity contribution in [2.75, 3.05) is 13.2 Å². The lowest BCUT2D eigenvalue weighted by atomic mass is 10.1. The van der Waals surface area contributed by atoms with Crippen LogP contribution >= 0.6 is 0 Å². The van der Waals surface area contributed by atoms with Gasteiger partial charge in [-0.3, -0.25) is 14.0 Å².